The number of hydrogen-bond acceptors (Lipinski definition) is 6. The average Bonchev–Trinajstić information content (AvgIpc) is 3.22. The van der Waals surface area contributed by atoms with E-state index in [1.54, 1.807) is 41.3 Å². The molecular weight excluding hydrogens is 463 g/mol. The zero-order valence-electron chi connectivity index (χ0n) is 18.6. The first kappa shape index (κ1) is 23.7. The smallest absolute Gasteiger partial charge is 0.243 e. The van der Waals surface area contributed by atoms with E-state index < -0.39 is 15.9 Å². The molecule has 1 aliphatic heterocycles. The molecule has 176 valence electrons. The highest BCUT2D eigenvalue weighted by Gasteiger charge is 2.36. The molecule has 33 heavy (non-hydrogen) atoms. The molecule has 0 spiro atoms. The molecule has 1 amide bonds. The van der Waals surface area contributed by atoms with Gasteiger partial charge in [0.05, 0.1) is 21.0 Å². The third-order valence-corrected chi connectivity index (χ3v) is 8.64. The molecule has 1 aliphatic rings. The van der Waals surface area contributed by atoms with Gasteiger partial charge in [0.1, 0.15) is 5.82 Å². The Morgan fingerprint density at radius 2 is 1.94 bits per heavy atom. The number of fused-ring (bicyclic) bond motifs is 1. The molecule has 2 heterocycles. The SMILES string of the molecule is CN(C)CCN(C(=O)C1CCCN(S(=O)(=O)c2ccccc2)C1)c1nc2ccc(F)cc2s1. The van der Waals surface area contributed by atoms with Gasteiger partial charge in [-0.05, 0) is 57.3 Å². The standard InChI is InChI=1S/C23H27FN4O3S2/c1-26(2)13-14-28(23-25-20-11-10-18(24)15-21(20)32-23)22(29)17-7-6-12-27(16-17)33(30,31)19-8-4-3-5-9-19/h3-5,8-11,15,17H,6-7,12-14,16H2,1-2H3. The number of thiazole rings is 1. The van der Waals surface area contributed by atoms with Crippen LogP contribution < -0.4 is 4.90 Å². The Labute approximate surface area is 197 Å². The number of rotatable bonds is 7. The molecular formula is C23H27FN4O3S2. The Balaban J connectivity index is 1.60. The van der Waals surface area contributed by atoms with Crippen LogP contribution in [-0.2, 0) is 14.8 Å². The summed E-state index contributed by atoms with van der Waals surface area (Å²) in [4.78, 5) is 22.0. The Kier molecular flexibility index (Phi) is 7.08. The summed E-state index contributed by atoms with van der Waals surface area (Å²) in [5.74, 6) is -0.967. The quantitative estimate of drug-likeness (QED) is 0.507. The Bertz CT molecular complexity index is 1230. The number of amides is 1. The summed E-state index contributed by atoms with van der Waals surface area (Å²) in [6.45, 7) is 1.55. The van der Waals surface area contributed by atoms with Gasteiger partial charge in [-0.1, -0.05) is 29.5 Å². The third-order valence-electron chi connectivity index (χ3n) is 5.72. The first-order chi connectivity index (χ1) is 15.8. The number of halogens is 1. The zero-order chi connectivity index (χ0) is 23.6. The van der Waals surface area contributed by atoms with Gasteiger partial charge in [-0.15, -0.1) is 0 Å². The fourth-order valence-corrected chi connectivity index (χ4v) is 6.49. The van der Waals surface area contributed by atoms with Crippen molar-refractivity contribution in [3.63, 3.8) is 0 Å². The second-order valence-electron chi connectivity index (χ2n) is 8.42. The lowest BCUT2D eigenvalue weighted by atomic mass is 9.98. The van der Waals surface area contributed by atoms with Gasteiger partial charge >= 0.3 is 0 Å². The van der Waals surface area contributed by atoms with E-state index in [0.29, 0.717) is 47.8 Å². The van der Waals surface area contributed by atoms with Crippen LogP contribution in [0.25, 0.3) is 10.2 Å². The second kappa shape index (κ2) is 9.84. The van der Waals surface area contributed by atoms with Crippen molar-refractivity contribution in [2.75, 3.05) is 45.2 Å². The summed E-state index contributed by atoms with van der Waals surface area (Å²) >= 11 is 1.27. The summed E-state index contributed by atoms with van der Waals surface area (Å²) in [6.07, 6.45) is 1.21. The number of sulfonamides is 1. The van der Waals surface area contributed by atoms with Gasteiger partial charge in [0.15, 0.2) is 5.13 Å². The Morgan fingerprint density at radius 1 is 1.18 bits per heavy atom. The molecule has 1 aromatic heterocycles. The first-order valence-electron chi connectivity index (χ1n) is 10.8. The van der Waals surface area contributed by atoms with Gasteiger partial charge in [0, 0.05) is 26.2 Å². The zero-order valence-corrected chi connectivity index (χ0v) is 20.3. The summed E-state index contributed by atoms with van der Waals surface area (Å²) in [5.41, 5.74) is 0.635. The van der Waals surface area contributed by atoms with Crippen molar-refractivity contribution in [1.82, 2.24) is 14.2 Å². The first-order valence-corrected chi connectivity index (χ1v) is 13.1. The maximum Gasteiger partial charge on any atom is 0.243 e. The molecule has 0 aliphatic carbocycles. The van der Waals surface area contributed by atoms with Gasteiger partial charge in [-0.2, -0.15) is 4.31 Å². The van der Waals surface area contributed by atoms with Crippen LogP contribution in [0.4, 0.5) is 9.52 Å². The van der Waals surface area contributed by atoms with E-state index >= 15 is 0 Å². The predicted octanol–water partition coefficient (Wildman–Crippen LogP) is 3.43. The molecule has 4 rings (SSSR count). The average molecular weight is 491 g/mol. The molecule has 2 aromatic carbocycles. The maximum absolute atomic E-state index is 13.7. The molecule has 10 heteroatoms. The maximum atomic E-state index is 13.7. The van der Waals surface area contributed by atoms with Crippen LogP contribution >= 0.6 is 11.3 Å². The van der Waals surface area contributed by atoms with E-state index in [9.17, 15) is 17.6 Å². The van der Waals surface area contributed by atoms with Crippen LogP contribution in [0.2, 0.25) is 0 Å². The van der Waals surface area contributed by atoms with Crippen molar-refractivity contribution < 1.29 is 17.6 Å². The minimum atomic E-state index is -3.67. The summed E-state index contributed by atoms with van der Waals surface area (Å²) < 4.78 is 42.0. The molecule has 1 saturated heterocycles. The molecule has 1 atom stereocenters. The summed E-state index contributed by atoms with van der Waals surface area (Å²) in [5, 5.41) is 0.505. The van der Waals surface area contributed by atoms with E-state index in [2.05, 4.69) is 4.98 Å². The summed E-state index contributed by atoms with van der Waals surface area (Å²) in [6, 6.07) is 12.7. The molecule has 0 radical (unpaired) electrons. The van der Waals surface area contributed by atoms with Crippen LogP contribution in [0, 0.1) is 11.7 Å². The van der Waals surface area contributed by atoms with Gasteiger partial charge in [0.25, 0.3) is 0 Å². The van der Waals surface area contributed by atoms with Crippen molar-refractivity contribution in [3.05, 3.63) is 54.3 Å². The van der Waals surface area contributed by atoms with Crippen LogP contribution in [0.5, 0.6) is 0 Å². The lowest BCUT2D eigenvalue weighted by molar-refractivity contribution is -0.123. The normalized spacial score (nSPS) is 17.5. The number of likely N-dealkylation sites (N-methyl/N-ethyl adjacent to an activating group) is 1. The van der Waals surface area contributed by atoms with Crippen LogP contribution in [0.3, 0.4) is 0 Å². The molecule has 3 aromatic rings. The fraction of sp³-hybridized carbons (Fsp3) is 0.391. The fourth-order valence-electron chi connectivity index (χ4n) is 3.93. The number of piperidine rings is 1. The summed E-state index contributed by atoms with van der Waals surface area (Å²) in [7, 11) is 0.173. The van der Waals surface area contributed by atoms with Crippen molar-refractivity contribution in [3.8, 4) is 0 Å². The van der Waals surface area contributed by atoms with Gasteiger partial charge in [-0.25, -0.2) is 17.8 Å². The highest BCUT2D eigenvalue weighted by Crippen LogP contribution is 2.32. The van der Waals surface area contributed by atoms with E-state index in [1.807, 2.05) is 19.0 Å². The number of carbonyl (C=O) groups excluding carboxylic acids is 1. The number of aromatic nitrogens is 1. The lowest BCUT2D eigenvalue weighted by Gasteiger charge is -2.34. The number of carbonyl (C=O) groups is 1. The molecule has 7 nitrogen and oxygen atoms in total. The third kappa shape index (κ3) is 5.24. The van der Waals surface area contributed by atoms with E-state index in [0.717, 1.165) is 0 Å². The number of hydrogen-bond donors (Lipinski definition) is 0. The van der Waals surface area contributed by atoms with Gasteiger partial charge < -0.3 is 4.90 Å². The van der Waals surface area contributed by atoms with E-state index in [4.69, 9.17) is 0 Å². The molecule has 0 saturated carbocycles. The van der Waals surface area contributed by atoms with E-state index in [-0.39, 0.29) is 23.2 Å². The highest BCUT2D eigenvalue weighted by atomic mass is 32.2. The molecule has 0 bridgehead atoms. The second-order valence-corrected chi connectivity index (χ2v) is 11.4. The minimum absolute atomic E-state index is 0.133. The molecule has 1 fully saturated rings. The van der Waals surface area contributed by atoms with Crippen molar-refractivity contribution >= 4 is 42.6 Å². The van der Waals surface area contributed by atoms with Crippen molar-refractivity contribution in [2.45, 2.75) is 17.7 Å². The predicted molar refractivity (Wildman–Crippen MR) is 128 cm³/mol. The minimum Gasteiger partial charge on any atom is -0.308 e. The van der Waals surface area contributed by atoms with Crippen molar-refractivity contribution in [2.24, 2.45) is 5.92 Å². The lowest BCUT2D eigenvalue weighted by Crippen LogP contribution is -2.48. The number of benzene rings is 2. The monoisotopic (exact) mass is 490 g/mol. The van der Waals surface area contributed by atoms with Crippen LogP contribution in [0.1, 0.15) is 12.8 Å². The Hall–Kier alpha value is -2.40. The van der Waals surface area contributed by atoms with Gasteiger partial charge in [0.2, 0.25) is 15.9 Å². The topological polar surface area (TPSA) is 73.8 Å². The largest absolute Gasteiger partial charge is 0.308 e. The van der Waals surface area contributed by atoms with Crippen LogP contribution in [0.15, 0.2) is 53.4 Å². The van der Waals surface area contributed by atoms with Crippen LogP contribution in [-0.4, -0.2) is 68.8 Å². The molecule has 0 N–H and O–H groups in total. The number of nitrogens with zero attached hydrogens (tertiary/aromatic N) is 4. The van der Waals surface area contributed by atoms with E-state index in [1.165, 1.54) is 27.8 Å². The number of anilines is 1. The Morgan fingerprint density at radius 3 is 2.67 bits per heavy atom. The highest BCUT2D eigenvalue weighted by molar-refractivity contribution is 7.89. The van der Waals surface area contributed by atoms with Gasteiger partial charge in [-0.3, -0.25) is 9.69 Å². The molecule has 1 unspecified atom stereocenters. The van der Waals surface area contributed by atoms with Crippen molar-refractivity contribution in [1.29, 1.82) is 0 Å².